The van der Waals surface area contributed by atoms with Crippen LogP contribution >= 0.6 is 0 Å². The molecular weight excluding hydrogens is 227 g/mol. The summed E-state index contributed by atoms with van der Waals surface area (Å²) in [5, 5.41) is 12.2. The first-order valence-electron chi connectivity index (χ1n) is 6.72. The minimum absolute atomic E-state index is 0.134. The maximum atomic E-state index is 13.8. The molecule has 1 aliphatic rings. The van der Waals surface area contributed by atoms with Crippen molar-refractivity contribution in [2.45, 2.75) is 51.1 Å². The molecule has 0 heterocycles. The highest BCUT2D eigenvalue weighted by Gasteiger charge is 2.13. The highest BCUT2D eigenvalue weighted by Crippen LogP contribution is 2.18. The first kappa shape index (κ1) is 13.0. The Labute approximate surface area is 108 Å². The summed E-state index contributed by atoms with van der Waals surface area (Å²) in [5.41, 5.74) is 0.730. The molecule has 0 bridgehead atoms. The lowest BCUT2D eigenvalue weighted by molar-refractivity contribution is 0.452. The van der Waals surface area contributed by atoms with Gasteiger partial charge in [-0.15, -0.1) is 0 Å². The Morgan fingerprint density at radius 1 is 1.22 bits per heavy atom. The van der Waals surface area contributed by atoms with Gasteiger partial charge in [-0.3, -0.25) is 0 Å². The van der Waals surface area contributed by atoms with Crippen molar-refractivity contribution in [3.8, 4) is 6.07 Å². The Balaban J connectivity index is 1.95. The topological polar surface area (TPSA) is 35.8 Å². The van der Waals surface area contributed by atoms with Crippen molar-refractivity contribution in [1.29, 1.82) is 5.26 Å². The van der Waals surface area contributed by atoms with E-state index in [1.165, 1.54) is 44.6 Å². The third-order valence-electron chi connectivity index (χ3n) is 3.64. The molecule has 96 valence electrons. The lowest BCUT2D eigenvalue weighted by atomic mass is 10.1. The maximum absolute atomic E-state index is 13.8. The van der Waals surface area contributed by atoms with Crippen molar-refractivity contribution < 1.29 is 4.39 Å². The number of hydrogen-bond acceptors (Lipinski definition) is 2. The number of benzene rings is 1. The second-order valence-corrected chi connectivity index (χ2v) is 4.96. The van der Waals surface area contributed by atoms with Gasteiger partial charge in [-0.05, 0) is 18.9 Å². The first-order valence-corrected chi connectivity index (χ1v) is 6.72. The van der Waals surface area contributed by atoms with E-state index in [1.54, 1.807) is 12.1 Å². The van der Waals surface area contributed by atoms with Crippen molar-refractivity contribution in [3.05, 3.63) is 35.1 Å². The van der Waals surface area contributed by atoms with Gasteiger partial charge >= 0.3 is 0 Å². The molecule has 3 heteroatoms. The fraction of sp³-hybridized carbons (Fsp3) is 0.533. The molecule has 0 amide bonds. The van der Waals surface area contributed by atoms with E-state index >= 15 is 0 Å². The average Bonchev–Trinajstić information content (AvgIpc) is 2.66. The van der Waals surface area contributed by atoms with Crippen LogP contribution in [-0.4, -0.2) is 6.04 Å². The molecule has 0 radical (unpaired) electrons. The summed E-state index contributed by atoms with van der Waals surface area (Å²) < 4.78 is 13.8. The molecule has 0 atom stereocenters. The Kier molecular flexibility index (Phi) is 4.72. The Bertz CT molecular complexity index is 429. The minimum atomic E-state index is -0.374. The van der Waals surface area contributed by atoms with Crippen LogP contribution in [0.3, 0.4) is 0 Å². The fourth-order valence-electron chi connectivity index (χ4n) is 2.54. The van der Waals surface area contributed by atoms with E-state index in [2.05, 4.69) is 5.32 Å². The van der Waals surface area contributed by atoms with Crippen molar-refractivity contribution >= 4 is 0 Å². The van der Waals surface area contributed by atoms with Gasteiger partial charge in [-0.25, -0.2) is 4.39 Å². The van der Waals surface area contributed by atoms with Crippen molar-refractivity contribution in [2.75, 3.05) is 0 Å². The summed E-state index contributed by atoms with van der Waals surface area (Å²) in [6.45, 7) is 0.520. The Morgan fingerprint density at radius 2 is 1.94 bits per heavy atom. The van der Waals surface area contributed by atoms with Crippen LogP contribution in [0.2, 0.25) is 0 Å². The predicted octanol–water partition coefficient (Wildman–Crippen LogP) is 3.51. The lowest BCUT2D eigenvalue weighted by Gasteiger charge is -2.16. The molecule has 1 saturated carbocycles. The van der Waals surface area contributed by atoms with Crippen molar-refractivity contribution in [2.24, 2.45) is 0 Å². The SMILES string of the molecule is N#Cc1cccc(CNC2CCCCCC2)c1F. The number of nitrogens with zero attached hydrogens (tertiary/aromatic N) is 1. The molecule has 0 aliphatic heterocycles. The number of nitrogens with one attached hydrogen (secondary N) is 1. The number of hydrogen-bond donors (Lipinski definition) is 1. The molecule has 2 rings (SSSR count). The van der Waals surface area contributed by atoms with Gasteiger partial charge in [0.15, 0.2) is 0 Å². The monoisotopic (exact) mass is 246 g/mol. The predicted molar refractivity (Wildman–Crippen MR) is 69.4 cm³/mol. The van der Waals surface area contributed by atoms with Crippen molar-refractivity contribution in [1.82, 2.24) is 5.32 Å². The summed E-state index contributed by atoms with van der Waals surface area (Å²) in [6.07, 6.45) is 7.52. The van der Waals surface area contributed by atoms with Crippen LogP contribution in [0.1, 0.15) is 49.7 Å². The van der Waals surface area contributed by atoms with Gasteiger partial charge in [0.2, 0.25) is 0 Å². The van der Waals surface area contributed by atoms with Crippen LogP contribution in [0.15, 0.2) is 18.2 Å². The summed E-state index contributed by atoms with van der Waals surface area (Å²) in [7, 11) is 0. The van der Waals surface area contributed by atoms with Gasteiger partial charge in [0.1, 0.15) is 11.9 Å². The van der Waals surface area contributed by atoms with Crippen LogP contribution < -0.4 is 5.32 Å². The molecule has 2 nitrogen and oxygen atoms in total. The highest BCUT2D eigenvalue weighted by atomic mass is 19.1. The van der Waals surface area contributed by atoms with Crippen LogP contribution in [0, 0.1) is 17.1 Å². The molecule has 1 fully saturated rings. The second kappa shape index (κ2) is 6.51. The summed E-state index contributed by atoms with van der Waals surface area (Å²) in [6, 6.07) is 7.39. The molecule has 0 aromatic heterocycles. The summed E-state index contributed by atoms with van der Waals surface area (Å²) >= 11 is 0. The maximum Gasteiger partial charge on any atom is 0.145 e. The van der Waals surface area contributed by atoms with Gasteiger partial charge in [0.05, 0.1) is 5.56 Å². The lowest BCUT2D eigenvalue weighted by Crippen LogP contribution is -2.28. The third-order valence-corrected chi connectivity index (χ3v) is 3.64. The zero-order chi connectivity index (χ0) is 12.8. The van der Waals surface area contributed by atoms with Crippen molar-refractivity contribution in [3.63, 3.8) is 0 Å². The Hall–Kier alpha value is -1.40. The third kappa shape index (κ3) is 3.30. The normalized spacial score (nSPS) is 17.1. The van der Waals surface area contributed by atoms with Gasteiger partial charge in [-0.1, -0.05) is 37.8 Å². The molecule has 1 aliphatic carbocycles. The zero-order valence-corrected chi connectivity index (χ0v) is 10.6. The van der Waals surface area contributed by atoms with E-state index in [1.807, 2.05) is 6.07 Å². The molecule has 18 heavy (non-hydrogen) atoms. The van der Waals surface area contributed by atoms with E-state index in [9.17, 15) is 4.39 Å². The van der Waals surface area contributed by atoms with E-state index in [-0.39, 0.29) is 11.4 Å². The van der Waals surface area contributed by atoms with Gasteiger partial charge in [0.25, 0.3) is 0 Å². The fourth-order valence-corrected chi connectivity index (χ4v) is 2.54. The highest BCUT2D eigenvalue weighted by molar-refractivity contribution is 5.34. The second-order valence-electron chi connectivity index (χ2n) is 4.96. The number of nitriles is 1. The molecule has 1 N–H and O–H groups in total. The molecular formula is C15H19FN2. The molecule has 1 aromatic rings. The largest absolute Gasteiger partial charge is 0.310 e. The van der Waals surface area contributed by atoms with E-state index in [0.29, 0.717) is 18.2 Å². The molecule has 0 saturated heterocycles. The quantitative estimate of drug-likeness (QED) is 0.828. The van der Waals surface area contributed by atoms with E-state index < -0.39 is 0 Å². The zero-order valence-electron chi connectivity index (χ0n) is 10.6. The van der Waals surface area contributed by atoms with E-state index in [0.717, 1.165) is 0 Å². The van der Waals surface area contributed by atoms with Gasteiger partial charge < -0.3 is 5.32 Å². The van der Waals surface area contributed by atoms with Gasteiger partial charge in [0, 0.05) is 18.2 Å². The van der Waals surface area contributed by atoms with Crippen LogP contribution in [0.5, 0.6) is 0 Å². The molecule has 0 unspecified atom stereocenters. The average molecular weight is 246 g/mol. The van der Waals surface area contributed by atoms with Crippen LogP contribution in [0.4, 0.5) is 4.39 Å². The smallest absolute Gasteiger partial charge is 0.145 e. The Morgan fingerprint density at radius 3 is 2.61 bits per heavy atom. The molecule has 1 aromatic carbocycles. The number of rotatable bonds is 3. The summed E-state index contributed by atoms with van der Waals surface area (Å²) in [4.78, 5) is 0. The molecule has 0 spiro atoms. The van der Waals surface area contributed by atoms with Gasteiger partial charge in [-0.2, -0.15) is 5.26 Å². The first-order chi connectivity index (χ1) is 8.81. The summed E-state index contributed by atoms with van der Waals surface area (Å²) in [5.74, 6) is -0.374. The standard InChI is InChI=1S/C15H19FN2/c16-15-12(10-17)6-5-7-13(15)11-18-14-8-3-1-2-4-9-14/h5-7,14,18H,1-4,8-9,11H2. The van der Waals surface area contributed by atoms with Crippen LogP contribution in [-0.2, 0) is 6.54 Å². The minimum Gasteiger partial charge on any atom is -0.310 e. The number of halogens is 1. The van der Waals surface area contributed by atoms with Crippen LogP contribution in [0.25, 0.3) is 0 Å². The van der Waals surface area contributed by atoms with E-state index in [4.69, 9.17) is 5.26 Å².